The third-order valence-electron chi connectivity index (χ3n) is 4.85. The van der Waals surface area contributed by atoms with Crippen LogP contribution in [0.4, 0.5) is 5.95 Å². The number of aromatic nitrogens is 4. The largest absolute Gasteiger partial charge is 0.289 e. The van der Waals surface area contributed by atoms with E-state index in [4.69, 9.17) is 23.2 Å². The molecule has 0 saturated heterocycles. The minimum absolute atomic E-state index is 0.121. The van der Waals surface area contributed by atoms with E-state index < -0.39 is 5.91 Å². The molecule has 2 heterocycles. The molecule has 0 spiro atoms. The third kappa shape index (κ3) is 3.93. The third-order valence-corrected chi connectivity index (χ3v) is 5.40. The van der Waals surface area contributed by atoms with Gasteiger partial charge in [0.05, 0.1) is 22.0 Å². The smallest absolute Gasteiger partial charge is 0.259 e. The molecule has 0 fully saturated rings. The summed E-state index contributed by atoms with van der Waals surface area (Å²) in [6.07, 6.45) is 0. The van der Waals surface area contributed by atoms with Crippen LogP contribution in [-0.4, -0.2) is 25.5 Å². The highest BCUT2D eigenvalue weighted by atomic mass is 35.5. The van der Waals surface area contributed by atoms with Crippen LogP contribution in [0.2, 0.25) is 10.0 Å². The van der Waals surface area contributed by atoms with Crippen molar-refractivity contribution < 1.29 is 4.79 Å². The summed E-state index contributed by atoms with van der Waals surface area (Å²) in [5.74, 6) is 0.0470. The maximum atomic E-state index is 12.7. The monoisotopic (exact) mass is 459 g/mol. The Hall–Kier alpha value is -3.74. The van der Waals surface area contributed by atoms with Gasteiger partial charge in [-0.3, -0.25) is 10.1 Å². The molecule has 0 aliphatic carbocycles. The lowest BCUT2D eigenvalue weighted by Gasteiger charge is -2.07. The predicted octanol–water partition coefficient (Wildman–Crippen LogP) is 6.02. The zero-order valence-corrected chi connectivity index (χ0v) is 18.0. The second-order valence-electron chi connectivity index (χ2n) is 6.98. The number of carbonyl (C=O) groups excluding carboxylic acids is 1. The Morgan fingerprint density at radius 3 is 2.19 bits per heavy atom. The van der Waals surface area contributed by atoms with Crippen LogP contribution < -0.4 is 5.32 Å². The summed E-state index contributed by atoms with van der Waals surface area (Å²) >= 11 is 12.1. The van der Waals surface area contributed by atoms with E-state index in [1.54, 1.807) is 16.6 Å². The SMILES string of the molecule is O=C(Nc1nc2nc(-c3ccccc3)cc(-c3ccccc3)n2n1)c1ccc(Cl)cc1Cl. The minimum atomic E-state index is -0.438. The fourth-order valence-electron chi connectivity index (χ4n) is 3.34. The number of benzene rings is 3. The summed E-state index contributed by atoms with van der Waals surface area (Å²) in [5, 5.41) is 7.87. The van der Waals surface area contributed by atoms with Gasteiger partial charge in [-0.25, -0.2) is 4.98 Å². The van der Waals surface area contributed by atoms with Gasteiger partial charge in [0, 0.05) is 16.1 Å². The van der Waals surface area contributed by atoms with E-state index in [1.807, 2.05) is 66.7 Å². The average Bonchev–Trinajstić information content (AvgIpc) is 3.21. The van der Waals surface area contributed by atoms with Gasteiger partial charge in [-0.15, -0.1) is 5.10 Å². The van der Waals surface area contributed by atoms with Crippen LogP contribution in [0.25, 0.3) is 28.3 Å². The van der Waals surface area contributed by atoms with Crippen LogP contribution in [0.1, 0.15) is 10.4 Å². The lowest BCUT2D eigenvalue weighted by molar-refractivity contribution is 0.102. The molecule has 8 heteroatoms. The Morgan fingerprint density at radius 2 is 1.50 bits per heavy atom. The highest BCUT2D eigenvalue weighted by molar-refractivity contribution is 6.37. The standard InChI is InChI=1S/C24H15Cl2N5O/c25-17-11-12-18(19(26)13-17)22(32)28-23-29-24-27-20(15-7-3-1-4-8-15)14-21(31(24)30-23)16-9-5-2-6-10-16/h1-14H,(H,28,30,32). The molecule has 1 N–H and O–H groups in total. The van der Waals surface area contributed by atoms with Gasteiger partial charge in [-0.05, 0) is 24.3 Å². The second-order valence-corrected chi connectivity index (χ2v) is 7.83. The number of hydrogen-bond donors (Lipinski definition) is 1. The first-order valence-corrected chi connectivity index (χ1v) is 10.5. The van der Waals surface area contributed by atoms with E-state index in [9.17, 15) is 4.79 Å². The normalized spacial score (nSPS) is 10.9. The van der Waals surface area contributed by atoms with Crippen molar-refractivity contribution in [3.8, 4) is 22.5 Å². The molecule has 0 aliphatic rings. The highest BCUT2D eigenvalue weighted by Crippen LogP contribution is 2.27. The van der Waals surface area contributed by atoms with Gasteiger partial charge >= 0.3 is 0 Å². The Bertz CT molecular complexity index is 1440. The number of carbonyl (C=O) groups is 1. The maximum Gasteiger partial charge on any atom is 0.259 e. The summed E-state index contributed by atoms with van der Waals surface area (Å²) < 4.78 is 1.61. The summed E-state index contributed by atoms with van der Waals surface area (Å²) in [4.78, 5) is 21.8. The molecule has 0 aliphatic heterocycles. The Labute approximate surface area is 193 Å². The molecule has 2 aromatic heterocycles. The number of anilines is 1. The van der Waals surface area contributed by atoms with Gasteiger partial charge in [-0.2, -0.15) is 9.50 Å². The first-order valence-electron chi connectivity index (χ1n) is 9.73. The number of rotatable bonds is 4. The van der Waals surface area contributed by atoms with Crippen molar-refractivity contribution in [3.05, 3.63) is 101 Å². The maximum absolute atomic E-state index is 12.7. The molecule has 0 atom stereocenters. The Balaban J connectivity index is 1.60. The van der Waals surface area contributed by atoms with Crippen molar-refractivity contribution in [1.82, 2.24) is 19.6 Å². The van der Waals surface area contributed by atoms with Crippen molar-refractivity contribution in [2.24, 2.45) is 0 Å². The van der Waals surface area contributed by atoms with Crippen LogP contribution >= 0.6 is 23.2 Å². The summed E-state index contributed by atoms with van der Waals surface area (Å²) in [6, 6.07) is 26.2. The van der Waals surface area contributed by atoms with E-state index in [2.05, 4.69) is 20.4 Å². The molecule has 0 bridgehead atoms. The van der Waals surface area contributed by atoms with Crippen molar-refractivity contribution in [3.63, 3.8) is 0 Å². The molecule has 3 aromatic carbocycles. The number of nitrogens with zero attached hydrogens (tertiary/aromatic N) is 4. The van der Waals surface area contributed by atoms with Gasteiger partial charge in [0.2, 0.25) is 0 Å². The molecule has 0 unspecified atom stereocenters. The number of amides is 1. The van der Waals surface area contributed by atoms with E-state index in [1.165, 1.54) is 6.07 Å². The average molecular weight is 460 g/mol. The quantitative estimate of drug-likeness (QED) is 0.356. The molecule has 32 heavy (non-hydrogen) atoms. The van der Waals surface area contributed by atoms with E-state index in [-0.39, 0.29) is 16.5 Å². The van der Waals surface area contributed by atoms with Gasteiger partial charge in [-0.1, -0.05) is 83.9 Å². The zero-order valence-electron chi connectivity index (χ0n) is 16.5. The van der Waals surface area contributed by atoms with Gasteiger partial charge in [0.1, 0.15) is 0 Å². The zero-order chi connectivity index (χ0) is 22.1. The van der Waals surface area contributed by atoms with E-state index in [0.717, 1.165) is 22.5 Å². The molecule has 156 valence electrons. The predicted molar refractivity (Wildman–Crippen MR) is 126 cm³/mol. The van der Waals surface area contributed by atoms with Crippen LogP contribution in [0, 0.1) is 0 Å². The summed E-state index contributed by atoms with van der Waals surface area (Å²) in [5.41, 5.74) is 3.72. The van der Waals surface area contributed by atoms with Crippen LogP contribution in [0.15, 0.2) is 84.9 Å². The van der Waals surface area contributed by atoms with Gasteiger partial charge in [0.25, 0.3) is 17.6 Å². The molecule has 6 nitrogen and oxygen atoms in total. The summed E-state index contributed by atoms with van der Waals surface area (Å²) in [7, 11) is 0. The molecule has 0 radical (unpaired) electrons. The van der Waals surface area contributed by atoms with Gasteiger partial charge < -0.3 is 0 Å². The molecule has 0 saturated carbocycles. The minimum Gasteiger partial charge on any atom is -0.289 e. The van der Waals surface area contributed by atoms with Crippen molar-refractivity contribution >= 4 is 40.8 Å². The molecular weight excluding hydrogens is 445 g/mol. The van der Waals surface area contributed by atoms with Crippen molar-refractivity contribution in [1.29, 1.82) is 0 Å². The Kier molecular flexibility index (Phi) is 5.31. The summed E-state index contributed by atoms with van der Waals surface area (Å²) in [6.45, 7) is 0. The fraction of sp³-hybridized carbons (Fsp3) is 0. The first kappa shape index (κ1) is 20.2. The number of hydrogen-bond acceptors (Lipinski definition) is 4. The van der Waals surface area contributed by atoms with Crippen molar-refractivity contribution in [2.75, 3.05) is 5.32 Å². The molecule has 5 rings (SSSR count). The second kappa shape index (κ2) is 8.42. The number of halogens is 2. The first-order chi connectivity index (χ1) is 15.6. The van der Waals surface area contributed by atoms with Gasteiger partial charge in [0.15, 0.2) is 0 Å². The van der Waals surface area contributed by atoms with E-state index >= 15 is 0 Å². The Morgan fingerprint density at radius 1 is 0.812 bits per heavy atom. The lowest BCUT2D eigenvalue weighted by Crippen LogP contribution is -2.13. The topological polar surface area (TPSA) is 72.2 Å². The molecular formula is C24H15Cl2N5O. The van der Waals surface area contributed by atoms with Crippen molar-refractivity contribution in [2.45, 2.75) is 0 Å². The fourth-order valence-corrected chi connectivity index (χ4v) is 3.83. The molecule has 5 aromatic rings. The molecule has 1 amide bonds. The lowest BCUT2D eigenvalue weighted by atomic mass is 10.1. The number of fused-ring (bicyclic) bond motifs is 1. The highest BCUT2D eigenvalue weighted by Gasteiger charge is 2.17. The van der Waals surface area contributed by atoms with E-state index in [0.29, 0.717) is 10.8 Å². The number of nitrogens with one attached hydrogen (secondary N) is 1. The van der Waals surface area contributed by atoms with Crippen LogP contribution in [0.5, 0.6) is 0 Å². The van der Waals surface area contributed by atoms with Crippen LogP contribution in [0.3, 0.4) is 0 Å². The van der Waals surface area contributed by atoms with Crippen LogP contribution in [-0.2, 0) is 0 Å².